The fraction of sp³-hybridized carbons (Fsp3) is 0.316. The second kappa shape index (κ2) is 9.53. The third kappa shape index (κ3) is 5.83. The van der Waals surface area contributed by atoms with Gasteiger partial charge in [-0.25, -0.2) is 8.78 Å². The molecule has 134 valence electrons. The van der Waals surface area contributed by atoms with Crippen molar-refractivity contribution in [1.82, 2.24) is 10.6 Å². The second-order valence-corrected chi connectivity index (χ2v) is 6.83. The van der Waals surface area contributed by atoms with Crippen LogP contribution in [0.15, 0.2) is 53.4 Å². The van der Waals surface area contributed by atoms with E-state index < -0.39 is 16.9 Å². The number of thioether (sulfide) groups is 1. The molecule has 2 rings (SSSR count). The van der Waals surface area contributed by atoms with Crippen molar-refractivity contribution in [2.24, 2.45) is 0 Å². The van der Waals surface area contributed by atoms with E-state index in [-0.39, 0.29) is 16.8 Å². The molecule has 0 aliphatic carbocycles. The molecule has 0 saturated heterocycles. The lowest BCUT2D eigenvalue weighted by Crippen LogP contribution is -2.40. The van der Waals surface area contributed by atoms with Crippen LogP contribution in [0.3, 0.4) is 0 Å². The summed E-state index contributed by atoms with van der Waals surface area (Å²) in [5, 5.41) is 5.50. The molecular formula is C19H22F2N2OS. The Morgan fingerprint density at radius 2 is 1.88 bits per heavy atom. The highest BCUT2D eigenvalue weighted by Gasteiger charge is 2.23. The number of halogens is 2. The predicted molar refractivity (Wildman–Crippen MR) is 97.5 cm³/mol. The van der Waals surface area contributed by atoms with E-state index >= 15 is 0 Å². The van der Waals surface area contributed by atoms with Gasteiger partial charge in [-0.15, -0.1) is 11.8 Å². The second-order valence-electron chi connectivity index (χ2n) is 5.69. The smallest absolute Gasteiger partial charge is 0.238 e. The molecule has 0 aliphatic rings. The lowest BCUT2D eigenvalue weighted by molar-refractivity contribution is -0.120. The van der Waals surface area contributed by atoms with Crippen LogP contribution in [0.1, 0.15) is 24.7 Å². The highest BCUT2D eigenvalue weighted by atomic mass is 32.2. The molecule has 2 aromatic rings. The summed E-state index contributed by atoms with van der Waals surface area (Å²) in [6, 6.07) is 12.7. The summed E-state index contributed by atoms with van der Waals surface area (Å²) in [7, 11) is 0. The summed E-state index contributed by atoms with van der Waals surface area (Å²) in [5.74, 6) is -1.51. The van der Waals surface area contributed by atoms with Crippen molar-refractivity contribution in [3.63, 3.8) is 0 Å². The van der Waals surface area contributed by atoms with Gasteiger partial charge in [0.25, 0.3) is 0 Å². The Morgan fingerprint density at radius 3 is 2.52 bits per heavy atom. The molecule has 25 heavy (non-hydrogen) atoms. The van der Waals surface area contributed by atoms with Crippen LogP contribution in [0.2, 0.25) is 0 Å². The van der Waals surface area contributed by atoms with Gasteiger partial charge in [-0.2, -0.15) is 0 Å². The Balaban J connectivity index is 2.17. The van der Waals surface area contributed by atoms with Gasteiger partial charge in [0, 0.05) is 23.5 Å². The van der Waals surface area contributed by atoms with Crippen molar-refractivity contribution < 1.29 is 13.6 Å². The third-order valence-corrected chi connectivity index (χ3v) is 4.92. The first-order chi connectivity index (χ1) is 12.0. The van der Waals surface area contributed by atoms with Gasteiger partial charge in [-0.05, 0) is 31.2 Å². The number of hydrogen-bond donors (Lipinski definition) is 2. The molecule has 0 spiro atoms. The molecule has 0 saturated carbocycles. The van der Waals surface area contributed by atoms with E-state index in [0.29, 0.717) is 6.54 Å². The van der Waals surface area contributed by atoms with Crippen molar-refractivity contribution >= 4 is 17.7 Å². The SMILES string of the molecule is CCN[C@H](C)CNC(=O)C(Sc1ccc(F)cc1F)c1ccccc1. The minimum atomic E-state index is -0.667. The van der Waals surface area contributed by atoms with Crippen molar-refractivity contribution in [3.05, 3.63) is 65.7 Å². The van der Waals surface area contributed by atoms with Crippen LogP contribution in [-0.4, -0.2) is 25.0 Å². The van der Waals surface area contributed by atoms with E-state index in [4.69, 9.17) is 0 Å². The fourth-order valence-electron chi connectivity index (χ4n) is 2.37. The zero-order chi connectivity index (χ0) is 18.2. The van der Waals surface area contributed by atoms with Gasteiger partial charge < -0.3 is 10.6 Å². The van der Waals surface area contributed by atoms with Crippen LogP contribution >= 0.6 is 11.8 Å². The largest absolute Gasteiger partial charge is 0.353 e. The number of likely N-dealkylation sites (N-methyl/N-ethyl adjacent to an activating group) is 1. The first-order valence-electron chi connectivity index (χ1n) is 8.19. The monoisotopic (exact) mass is 364 g/mol. The van der Waals surface area contributed by atoms with E-state index in [1.54, 1.807) is 0 Å². The van der Waals surface area contributed by atoms with Crippen molar-refractivity contribution in [2.45, 2.75) is 30.0 Å². The Kier molecular flexibility index (Phi) is 7.40. The average molecular weight is 364 g/mol. The van der Waals surface area contributed by atoms with Gasteiger partial charge in [0.15, 0.2) is 0 Å². The molecule has 2 atom stereocenters. The maximum atomic E-state index is 14.0. The Hall–Kier alpha value is -1.92. The number of nitrogens with one attached hydrogen (secondary N) is 2. The quantitative estimate of drug-likeness (QED) is 0.698. The molecule has 0 aliphatic heterocycles. The number of hydrogen-bond acceptors (Lipinski definition) is 3. The number of carbonyl (C=O) groups excluding carboxylic acids is 1. The predicted octanol–water partition coefficient (Wildman–Crippen LogP) is 3.91. The normalized spacial score (nSPS) is 13.3. The van der Waals surface area contributed by atoms with Gasteiger partial charge in [-0.3, -0.25) is 4.79 Å². The van der Waals surface area contributed by atoms with Gasteiger partial charge in [0.05, 0.1) is 0 Å². The topological polar surface area (TPSA) is 41.1 Å². The van der Waals surface area contributed by atoms with Gasteiger partial charge in [-0.1, -0.05) is 37.3 Å². The zero-order valence-corrected chi connectivity index (χ0v) is 15.1. The molecule has 0 heterocycles. The van der Waals surface area contributed by atoms with Gasteiger partial charge in [0.1, 0.15) is 16.9 Å². The zero-order valence-electron chi connectivity index (χ0n) is 14.3. The average Bonchev–Trinajstić information content (AvgIpc) is 2.60. The van der Waals surface area contributed by atoms with E-state index in [1.165, 1.54) is 12.1 Å². The number of amides is 1. The molecule has 0 bridgehead atoms. The summed E-state index contributed by atoms with van der Waals surface area (Å²) in [4.78, 5) is 12.9. The molecule has 1 amide bonds. The molecule has 2 N–H and O–H groups in total. The molecule has 3 nitrogen and oxygen atoms in total. The highest BCUT2D eigenvalue weighted by Crippen LogP contribution is 2.36. The van der Waals surface area contributed by atoms with E-state index in [9.17, 15) is 13.6 Å². The number of rotatable bonds is 8. The number of benzene rings is 2. The molecule has 0 aromatic heterocycles. The minimum absolute atomic E-state index is 0.137. The first-order valence-corrected chi connectivity index (χ1v) is 9.07. The van der Waals surface area contributed by atoms with Crippen LogP contribution in [0, 0.1) is 11.6 Å². The summed E-state index contributed by atoms with van der Waals surface area (Å²) < 4.78 is 27.1. The number of carbonyl (C=O) groups is 1. The molecule has 0 radical (unpaired) electrons. The van der Waals surface area contributed by atoms with Crippen LogP contribution in [0.25, 0.3) is 0 Å². The summed E-state index contributed by atoms with van der Waals surface area (Å²) in [6.07, 6.45) is 0. The van der Waals surface area contributed by atoms with Crippen molar-refractivity contribution in [2.75, 3.05) is 13.1 Å². The third-order valence-electron chi connectivity index (χ3n) is 3.61. The molecular weight excluding hydrogens is 342 g/mol. The molecule has 0 fully saturated rings. The lowest BCUT2D eigenvalue weighted by Gasteiger charge is -2.19. The van der Waals surface area contributed by atoms with Crippen LogP contribution in [0.4, 0.5) is 8.78 Å². The van der Waals surface area contributed by atoms with E-state index in [1.807, 2.05) is 44.2 Å². The van der Waals surface area contributed by atoms with E-state index in [2.05, 4.69) is 10.6 Å². The summed E-state index contributed by atoms with van der Waals surface area (Å²) in [5.41, 5.74) is 0.768. The lowest BCUT2D eigenvalue weighted by atomic mass is 10.1. The maximum absolute atomic E-state index is 14.0. The van der Waals surface area contributed by atoms with E-state index in [0.717, 1.165) is 29.9 Å². The Bertz CT molecular complexity index is 697. The van der Waals surface area contributed by atoms with Gasteiger partial charge in [0.2, 0.25) is 5.91 Å². The summed E-state index contributed by atoms with van der Waals surface area (Å²) >= 11 is 1.08. The maximum Gasteiger partial charge on any atom is 0.238 e. The molecule has 6 heteroatoms. The van der Waals surface area contributed by atoms with Crippen molar-refractivity contribution in [1.29, 1.82) is 0 Å². The van der Waals surface area contributed by atoms with Gasteiger partial charge >= 0.3 is 0 Å². The van der Waals surface area contributed by atoms with Crippen LogP contribution < -0.4 is 10.6 Å². The standard InChI is InChI=1S/C19H22F2N2OS/c1-3-22-13(2)12-23-19(24)18(14-7-5-4-6-8-14)25-17-10-9-15(20)11-16(17)21/h4-11,13,18,22H,3,12H2,1-2H3,(H,23,24)/t13-,18?/m1/s1. The summed E-state index contributed by atoms with van der Waals surface area (Å²) in [6.45, 7) is 5.27. The first kappa shape index (κ1) is 19.4. The molecule has 1 unspecified atom stereocenters. The minimum Gasteiger partial charge on any atom is -0.353 e. The van der Waals surface area contributed by atoms with Crippen molar-refractivity contribution in [3.8, 4) is 0 Å². The Labute approximate surface area is 151 Å². The van der Waals surface area contributed by atoms with Crippen LogP contribution in [-0.2, 0) is 4.79 Å². The fourth-order valence-corrected chi connectivity index (χ4v) is 3.42. The Morgan fingerprint density at radius 1 is 1.16 bits per heavy atom. The van der Waals surface area contributed by atoms with Crippen LogP contribution in [0.5, 0.6) is 0 Å². The molecule has 2 aromatic carbocycles. The highest BCUT2D eigenvalue weighted by molar-refractivity contribution is 8.00.